The van der Waals surface area contributed by atoms with E-state index in [4.69, 9.17) is 8.84 Å². The Labute approximate surface area is 219 Å². The maximum atomic E-state index is 13.0. The zero-order chi connectivity index (χ0) is 26.1. The highest BCUT2D eigenvalue weighted by Crippen LogP contribution is 2.52. The highest BCUT2D eigenvalue weighted by atomic mass is 28.4. The first-order valence-electron chi connectivity index (χ1n) is 14.1. The molecule has 1 aromatic heterocycles. The highest BCUT2D eigenvalue weighted by molar-refractivity contribution is 6.74. The summed E-state index contributed by atoms with van der Waals surface area (Å²) in [4.78, 5) is 15.6. The second-order valence-electron chi connectivity index (χ2n) is 12.7. The third-order valence-corrected chi connectivity index (χ3v) is 13.8. The van der Waals surface area contributed by atoms with Crippen molar-refractivity contribution >= 4 is 14.0 Å². The van der Waals surface area contributed by atoms with Crippen LogP contribution in [-0.4, -0.2) is 20.0 Å². The van der Waals surface area contributed by atoms with Gasteiger partial charge in [0.15, 0.2) is 8.32 Å². The molecule has 2 aromatic rings. The van der Waals surface area contributed by atoms with Crippen LogP contribution in [0, 0.1) is 12.8 Å². The van der Waals surface area contributed by atoms with Gasteiger partial charge in [-0.2, -0.15) is 0 Å². The van der Waals surface area contributed by atoms with Gasteiger partial charge in [0.25, 0.3) is 0 Å². The molecule has 1 aliphatic heterocycles. The van der Waals surface area contributed by atoms with Crippen molar-refractivity contribution in [2.45, 2.75) is 122 Å². The van der Waals surface area contributed by atoms with Crippen LogP contribution in [0.15, 0.2) is 45.6 Å². The van der Waals surface area contributed by atoms with Gasteiger partial charge < -0.3 is 13.7 Å². The maximum Gasteiger partial charge on any atom is 0.341 e. The first-order chi connectivity index (χ1) is 17.0. The van der Waals surface area contributed by atoms with Crippen molar-refractivity contribution in [1.29, 1.82) is 0 Å². The molecular weight excluding hydrogens is 462 g/mol. The Balaban J connectivity index is 1.82. The predicted octanol–water partition coefficient (Wildman–Crippen LogP) is 8.02. The van der Waals surface area contributed by atoms with Crippen LogP contribution in [0.5, 0.6) is 0 Å². The SMILES string of the molecule is CCCC[C@@H]1[C@@H](O[Si](C)(C)C(C)(C)C)CCC[C@]12CCc1c(cc(C)oc1=O)N2Cc1ccccc1. The van der Waals surface area contributed by atoms with E-state index in [2.05, 4.69) is 82.1 Å². The molecule has 2 aliphatic rings. The Hall–Kier alpha value is -1.85. The van der Waals surface area contributed by atoms with Gasteiger partial charge in [0.1, 0.15) is 5.76 Å². The zero-order valence-corrected chi connectivity index (χ0v) is 24.7. The Morgan fingerprint density at radius 3 is 2.56 bits per heavy atom. The normalized spacial score (nSPS) is 24.7. The number of anilines is 1. The third kappa shape index (κ3) is 5.24. The van der Waals surface area contributed by atoms with Gasteiger partial charge in [-0.1, -0.05) is 70.9 Å². The molecular formula is C31H47NO3Si. The largest absolute Gasteiger partial charge is 0.428 e. The summed E-state index contributed by atoms with van der Waals surface area (Å²) in [6.45, 7) is 16.9. The Bertz CT molecular complexity index is 1090. The second-order valence-corrected chi connectivity index (χ2v) is 17.5. The van der Waals surface area contributed by atoms with Gasteiger partial charge >= 0.3 is 5.63 Å². The number of hydrogen-bond acceptors (Lipinski definition) is 4. The van der Waals surface area contributed by atoms with Crippen molar-refractivity contribution in [3.8, 4) is 0 Å². The summed E-state index contributed by atoms with van der Waals surface area (Å²) in [5.74, 6) is 1.15. The molecule has 36 heavy (non-hydrogen) atoms. The van der Waals surface area contributed by atoms with Crippen molar-refractivity contribution in [2.75, 3.05) is 4.90 Å². The lowest BCUT2D eigenvalue weighted by molar-refractivity contribution is 0.00908. The fraction of sp³-hybridized carbons (Fsp3) is 0.645. The molecule has 1 fully saturated rings. The first kappa shape index (κ1) is 27.2. The second kappa shape index (κ2) is 10.5. The lowest BCUT2D eigenvalue weighted by Crippen LogP contribution is -2.63. The van der Waals surface area contributed by atoms with Crippen molar-refractivity contribution in [3.05, 3.63) is 63.7 Å². The van der Waals surface area contributed by atoms with Gasteiger partial charge in [-0.3, -0.25) is 0 Å². The van der Waals surface area contributed by atoms with E-state index in [1.807, 2.05) is 6.92 Å². The minimum atomic E-state index is -1.92. The van der Waals surface area contributed by atoms with Gasteiger partial charge in [0.05, 0.1) is 17.4 Å². The van der Waals surface area contributed by atoms with Crippen LogP contribution in [-0.2, 0) is 17.4 Å². The summed E-state index contributed by atoms with van der Waals surface area (Å²) >= 11 is 0. The van der Waals surface area contributed by atoms with E-state index < -0.39 is 8.32 Å². The first-order valence-corrected chi connectivity index (χ1v) is 17.0. The molecule has 0 bridgehead atoms. The van der Waals surface area contributed by atoms with Gasteiger partial charge in [0.2, 0.25) is 0 Å². The number of rotatable bonds is 7. The van der Waals surface area contributed by atoms with E-state index in [1.54, 1.807) is 0 Å². The molecule has 1 aromatic carbocycles. The number of aryl methyl sites for hydroxylation is 1. The molecule has 198 valence electrons. The van der Waals surface area contributed by atoms with Crippen LogP contribution in [0.25, 0.3) is 0 Å². The number of fused-ring (bicyclic) bond motifs is 1. The monoisotopic (exact) mass is 509 g/mol. The van der Waals surface area contributed by atoms with E-state index >= 15 is 0 Å². The van der Waals surface area contributed by atoms with Crippen LogP contribution < -0.4 is 10.5 Å². The fourth-order valence-corrected chi connectivity index (χ4v) is 7.77. The molecule has 0 saturated heterocycles. The summed E-state index contributed by atoms with van der Waals surface area (Å²) in [6, 6.07) is 12.9. The topological polar surface area (TPSA) is 42.7 Å². The molecule has 4 rings (SSSR count). The van der Waals surface area contributed by atoms with Crippen LogP contribution in [0.2, 0.25) is 18.1 Å². The Kier molecular flexibility index (Phi) is 7.92. The van der Waals surface area contributed by atoms with E-state index in [0.29, 0.717) is 11.7 Å². The van der Waals surface area contributed by atoms with E-state index in [1.165, 1.54) is 31.2 Å². The summed E-state index contributed by atoms with van der Waals surface area (Å²) in [5.41, 5.74) is 3.06. The Morgan fingerprint density at radius 2 is 1.89 bits per heavy atom. The molecule has 1 saturated carbocycles. The maximum absolute atomic E-state index is 13.0. The van der Waals surface area contributed by atoms with Crippen molar-refractivity contribution in [3.63, 3.8) is 0 Å². The quantitative estimate of drug-likeness (QED) is 0.354. The van der Waals surface area contributed by atoms with Crippen LogP contribution in [0.1, 0.15) is 89.5 Å². The molecule has 1 spiro atoms. The molecule has 0 unspecified atom stereocenters. The van der Waals surface area contributed by atoms with Gasteiger partial charge in [-0.05, 0) is 69.1 Å². The van der Waals surface area contributed by atoms with Crippen molar-refractivity contribution in [2.24, 2.45) is 5.92 Å². The fourth-order valence-electron chi connectivity index (χ4n) is 6.38. The Morgan fingerprint density at radius 1 is 1.17 bits per heavy atom. The van der Waals surface area contributed by atoms with E-state index in [9.17, 15) is 4.79 Å². The molecule has 3 atom stereocenters. The van der Waals surface area contributed by atoms with Crippen molar-refractivity contribution in [1.82, 2.24) is 0 Å². The van der Waals surface area contributed by atoms with Crippen molar-refractivity contribution < 1.29 is 8.84 Å². The van der Waals surface area contributed by atoms with Gasteiger partial charge in [0, 0.05) is 24.1 Å². The number of unbranched alkanes of at least 4 members (excludes halogenated alkanes) is 1. The summed E-state index contributed by atoms with van der Waals surface area (Å²) in [5, 5.41) is 0.186. The molecule has 5 heteroatoms. The minimum absolute atomic E-state index is 0.0104. The lowest BCUT2D eigenvalue weighted by Gasteiger charge is -2.58. The van der Waals surface area contributed by atoms with E-state index in [-0.39, 0.29) is 22.3 Å². The number of nitrogens with zero attached hydrogens (tertiary/aromatic N) is 1. The van der Waals surface area contributed by atoms with Gasteiger partial charge in [-0.25, -0.2) is 4.79 Å². The average Bonchev–Trinajstić information content (AvgIpc) is 2.80. The molecule has 1 aliphatic carbocycles. The summed E-state index contributed by atoms with van der Waals surface area (Å²) in [6.07, 6.45) is 9.11. The summed E-state index contributed by atoms with van der Waals surface area (Å²) in [7, 11) is -1.92. The molecule has 0 amide bonds. The zero-order valence-electron chi connectivity index (χ0n) is 23.7. The smallest absolute Gasteiger partial charge is 0.341 e. The van der Waals surface area contributed by atoms with Crippen LogP contribution in [0.3, 0.4) is 0 Å². The summed E-state index contributed by atoms with van der Waals surface area (Å²) < 4.78 is 12.8. The van der Waals surface area contributed by atoms with Crippen LogP contribution >= 0.6 is 0 Å². The lowest BCUT2D eigenvalue weighted by atomic mass is 9.64. The highest BCUT2D eigenvalue weighted by Gasteiger charge is 2.53. The molecule has 2 heterocycles. The standard InChI is InChI=1S/C31H47NO3Si/c1-8-9-16-26-28(35-36(6,7)30(3,4)5)17-13-19-31(26)20-18-25-27(21-23(2)34-29(25)33)32(31)22-24-14-11-10-12-15-24/h10-12,14-15,21,26,28H,8-9,13,16-20,22H2,1-7H3/t26-,28+,31+/m1/s1. The third-order valence-electron chi connectivity index (χ3n) is 9.33. The van der Waals surface area contributed by atoms with E-state index in [0.717, 1.165) is 43.5 Å². The average molecular weight is 510 g/mol. The molecule has 0 N–H and O–H groups in total. The predicted molar refractivity (Wildman–Crippen MR) is 152 cm³/mol. The van der Waals surface area contributed by atoms with Crippen LogP contribution in [0.4, 0.5) is 5.69 Å². The van der Waals surface area contributed by atoms with Gasteiger partial charge in [-0.15, -0.1) is 0 Å². The molecule has 0 radical (unpaired) electrons. The number of benzene rings is 1. The molecule has 4 nitrogen and oxygen atoms in total. The minimum Gasteiger partial charge on any atom is -0.428 e. The number of hydrogen-bond donors (Lipinski definition) is 0.